The van der Waals surface area contributed by atoms with Crippen molar-refractivity contribution in [3.63, 3.8) is 0 Å². The lowest BCUT2D eigenvalue weighted by Crippen LogP contribution is -2.26. The molecule has 0 saturated carbocycles. The van der Waals surface area contributed by atoms with Gasteiger partial charge < -0.3 is 5.32 Å². The summed E-state index contributed by atoms with van der Waals surface area (Å²) in [7, 11) is 0. The molecule has 0 amide bonds. The van der Waals surface area contributed by atoms with Crippen molar-refractivity contribution in [2.75, 3.05) is 6.54 Å². The highest BCUT2D eigenvalue weighted by Gasteiger charge is 2.00. The summed E-state index contributed by atoms with van der Waals surface area (Å²) < 4.78 is 0. The molecule has 0 aromatic heterocycles. The molecule has 1 rings (SSSR count). The number of nitrogens with one attached hydrogen (secondary N) is 1. The highest BCUT2D eigenvalue weighted by molar-refractivity contribution is 5.22. The predicted molar refractivity (Wildman–Crippen MR) is 54.2 cm³/mol. The molecule has 0 heterocycles. The maximum atomic E-state index is 3.49. The van der Waals surface area contributed by atoms with Crippen LogP contribution in [0.3, 0.4) is 0 Å². The molecule has 1 aliphatic rings. The van der Waals surface area contributed by atoms with Crippen LogP contribution in [0.15, 0.2) is 23.8 Å². The Kier molecular flexibility index (Phi) is 4.09. The van der Waals surface area contributed by atoms with Gasteiger partial charge in [-0.25, -0.2) is 0 Å². The van der Waals surface area contributed by atoms with Gasteiger partial charge in [-0.2, -0.15) is 0 Å². The van der Waals surface area contributed by atoms with E-state index in [9.17, 15) is 0 Å². The van der Waals surface area contributed by atoms with Gasteiger partial charge in [0, 0.05) is 6.04 Å². The summed E-state index contributed by atoms with van der Waals surface area (Å²) in [5.41, 5.74) is 1.56. The Labute approximate surface area is 75.6 Å². The highest BCUT2D eigenvalue weighted by atomic mass is 14.9. The largest absolute Gasteiger partial charge is 0.314 e. The Morgan fingerprint density at radius 3 is 3.00 bits per heavy atom. The normalized spacial score (nSPS) is 18.0. The topological polar surface area (TPSA) is 12.0 Å². The lowest BCUT2D eigenvalue weighted by molar-refractivity contribution is 0.536. The van der Waals surface area contributed by atoms with Crippen molar-refractivity contribution in [3.8, 4) is 0 Å². The summed E-state index contributed by atoms with van der Waals surface area (Å²) in [5.74, 6) is 0. The summed E-state index contributed by atoms with van der Waals surface area (Å²) in [4.78, 5) is 0. The zero-order valence-electron chi connectivity index (χ0n) is 8.14. The van der Waals surface area contributed by atoms with Crippen molar-refractivity contribution in [2.24, 2.45) is 0 Å². The molecule has 12 heavy (non-hydrogen) atoms. The highest BCUT2D eigenvalue weighted by Crippen LogP contribution is 2.13. The zero-order valence-corrected chi connectivity index (χ0v) is 8.14. The Hall–Kier alpha value is -0.560. The molecule has 1 heteroatoms. The third-order valence-corrected chi connectivity index (χ3v) is 2.40. The molecule has 1 N–H and O–H groups in total. The third-order valence-electron chi connectivity index (χ3n) is 2.40. The van der Waals surface area contributed by atoms with Gasteiger partial charge in [0.15, 0.2) is 0 Å². The summed E-state index contributed by atoms with van der Waals surface area (Å²) in [6, 6.07) is 0.667. The summed E-state index contributed by atoms with van der Waals surface area (Å²) >= 11 is 0. The first-order chi connectivity index (χ1) is 5.83. The fourth-order valence-corrected chi connectivity index (χ4v) is 1.30. The molecular weight excluding hydrogens is 146 g/mol. The van der Waals surface area contributed by atoms with E-state index in [0.717, 1.165) is 6.54 Å². The second-order valence-electron chi connectivity index (χ2n) is 3.47. The minimum atomic E-state index is 0.667. The van der Waals surface area contributed by atoms with Crippen LogP contribution in [0, 0.1) is 0 Å². The molecule has 1 unspecified atom stereocenters. The third kappa shape index (κ3) is 3.22. The van der Waals surface area contributed by atoms with E-state index >= 15 is 0 Å². The van der Waals surface area contributed by atoms with Crippen molar-refractivity contribution in [1.82, 2.24) is 5.32 Å². The van der Waals surface area contributed by atoms with Crippen LogP contribution < -0.4 is 5.32 Å². The zero-order chi connectivity index (χ0) is 8.81. The van der Waals surface area contributed by atoms with Gasteiger partial charge in [0.2, 0.25) is 0 Å². The van der Waals surface area contributed by atoms with Crippen molar-refractivity contribution in [1.29, 1.82) is 0 Å². The molecule has 0 aromatic carbocycles. The molecule has 0 aromatic rings. The van der Waals surface area contributed by atoms with E-state index in [0.29, 0.717) is 6.04 Å². The van der Waals surface area contributed by atoms with Crippen molar-refractivity contribution in [2.45, 2.75) is 39.2 Å². The first-order valence-electron chi connectivity index (χ1n) is 4.91. The number of allylic oxidation sites excluding steroid dienone is 3. The average Bonchev–Trinajstić information content (AvgIpc) is 2.57. The van der Waals surface area contributed by atoms with E-state index in [2.05, 4.69) is 37.4 Å². The van der Waals surface area contributed by atoms with Gasteiger partial charge in [0.1, 0.15) is 0 Å². The van der Waals surface area contributed by atoms with E-state index in [1.165, 1.54) is 19.3 Å². The van der Waals surface area contributed by atoms with Crippen molar-refractivity contribution in [3.05, 3.63) is 23.8 Å². The van der Waals surface area contributed by atoms with E-state index in [-0.39, 0.29) is 0 Å². The van der Waals surface area contributed by atoms with Crippen LogP contribution in [0.2, 0.25) is 0 Å². The first kappa shape index (κ1) is 9.53. The van der Waals surface area contributed by atoms with Gasteiger partial charge in [-0.05, 0) is 32.7 Å². The molecule has 0 spiro atoms. The van der Waals surface area contributed by atoms with Gasteiger partial charge >= 0.3 is 0 Å². The van der Waals surface area contributed by atoms with Crippen LogP contribution in [0.4, 0.5) is 0 Å². The number of hydrogen-bond donors (Lipinski definition) is 1. The van der Waals surface area contributed by atoms with E-state index < -0.39 is 0 Å². The van der Waals surface area contributed by atoms with Crippen LogP contribution in [0.25, 0.3) is 0 Å². The smallest absolute Gasteiger partial charge is 0.00362 e. The predicted octanol–water partition coefficient (Wildman–Crippen LogP) is 2.65. The summed E-state index contributed by atoms with van der Waals surface area (Å²) in [6.45, 7) is 5.58. The molecule has 68 valence electrons. The van der Waals surface area contributed by atoms with Crippen LogP contribution in [0.5, 0.6) is 0 Å². The van der Waals surface area contributed by atoms with Gasteiger partial charge in [0.05, 0.1) is 0 Å². The minimum Gasteiger partial charge on any atom is -0.314 e. The lowest BCUT2D eigenvalue weighted by atomic mass is 10.1. The summed E-state index contributed by atoms with van der Waals surface area (Å²) in [5, 5.41) is 3.49. The second kappa shape index (κ2) is 5.15. The molecule has 1 nitrogen and oxygen atoms in total. The van der Waals surface area contributed by atoms with E-state index in [1.54, 1.807) is 5.57 Å². The van der Waals surface area contributed by atoms with Gasteiger partial charge in [-0.15, -0.1) is 0 Å². The molecule has 0 saturated heterocycles. The number of rotatable bonds is 5. The molecule has 1 aliphatic carbocycles. The maximum absolute atomic E-state index is 3.49. The molecule has 0 radical (unpaired) electrons. The Bertz CT molecular complexity index is 179. The Balaban J connectivity index is 2.03. The van der Waals surface area contributed by atoms with Crippen LogP contribution in [0.1, 0.15) is 33.1 Å². The fraction of sp³-hybridized carbons (Fsp3) is 0.636. The van der Waals surface area contributed by atoms with E-state index in [1.807, 2.05) is 0 Å². The first-order valence-corrected chi connectivity index (χ1v) is 4.91. The molecule has 0 fully saturated rings. The number of hydrogen-bond acceptors (Lipinski definition) is 1. The lowest BCUT2D eigenvalue weighted by Gasteiger charge is -2.10. The molecule has 0 aliphatic heterocycles. The van der Waals surface area contributed by atoms with Gasteiger partial charge in [-0.3, -0.25) is 0 Å². The molecular formula is C11H19N. The van der Waals surface area contributed by atoms with Crippen LogP contribution >= 0.6 is 0 Å². The second-order valence-corrected chi connectivity index (χ2v) is 3.47. The van der Waals surface area contributed by atoms with Gasteiger partial charge in [0.25, 0.3) is 0 Å². The van der Waals surface area contributed by atoms with E-state index in [4.69, 9.17) is 0 Å². The molecule has 0 bridgehead atoms. The maximum Gasteiger partial charge on any atom is 0.00362 e. The Morgan fingerprint density at radius 1 is 1.58 bits per heavy atom. The van der Waals surface area contributed by atoms with Crippen molar-refractivity contribution < 1.29 is 0 Å². The monoisotopic (exact) mass is 165 g/mol. The van der Waals surface area contributed by atoms with Crippen LogP contribution in [-0.2, 0) is 0 Å². The van der Waals surface area contributed by atoms with Crippen LogP contribution in [-0.4, -0.2) is 12.6 Å². The summed E-state index contributed by atoms with van der Waals surface area (Å²) in [6.07, 6.45) is 10.2. The standard InChI is InChI=1S/C11H19N/c1-3-10(2)12-9-8-11-6-4-5-7-11/h4-6,10,12H,3,7-9H2,1-2H3. The minimum absolute atomic E-state index is 0.667. The average molecular weight is 165 g/mol. The van der Waals surface area contributed by atoms with Crippen molar-refractivity contribution >= 4 is 0 Å². The Morgan fingerprint density at radius 2 is 2.42 bits per heavy atom. The molecule has 1 atom stereocenters. The SMILES string of the molecule is CCC(C)NCCC1=CC=CC1. The fourth-order valence-electron chi connectivity index (χ4n) is 1.30. The van der Waals surface area contributed by atoms with Gasteiger partial charge in [-0.1, -0.05) is 30.7 Å². The quantitative estimate of drug-likeness (QED) is 0.660.